The highest BCUT2D eigenvalue weighted by Gasteiger charge is 2.41. The lowest BCUT2D eigenvalue weighted by atomic mass is 10.1. The normalized spacial score (nSPS) is 19.0. The van der Waals surface area contributed by atoms with Crippen molar-refractivity contribution in [2.24, 2.45) is 0 Å². The maximum atomic E-state index is 13.8. The summed E-state index contributed by atoms with van der Waals surface area (Å²) < 4.78 is 28.8. The third-order valence-corrected chi connectivity index (χ3v) is 9.24. The smallest absolute Gasteiger partial charge is 0.480 e. The van der Waals surface area contributed by atoms with E-state index in [-0.39, 0.29) is 18.5 Å². The van der Waals surface area contributed by atoms with Crippen LogP contribution in [0.1, 0.15) is 36.3 Å². The monoisotopic (exact) mass is 564 g/mol. The Morgan fingerprint density at radius 3 is 2.42 bits per heavy atom. The summed E-state index contributed by atoms with van der Waals surface area (Å²) in [5.74, 6) is -1.38. The minimum atomic E-state index is -3.67. The number of carbonyl (C=O) groups excluding carboxylic acids is 2. The molecule has 3 rings (SSSR count). The topological polar surface area (TPSA) is 131 Å². The Bertz CT molecular complexity index is 1100. The van der Waals surface area contributed by atoms with Gasteiger partial charge in [-0.1, -0.05) is 60.7 Å². The summed E-state index contributed by atoms with van der Waals surface area (Å²) in [4.78, 5) is 37.8. The molecular weight excluding hydrogens is 531 g/mol. The number of benzene rings is 2. The largest absolute Gasteiger partial charge is 0.510 e. The number of nitrogens with zero attached hydrogens (tertiary/aromatic N) is 1. The Kier molecular flexibility index (Phi) is 11.7. The molecular formula is C26H33N2O8PS. The molecule has 2 N–H and O–H groups in total. The molecule has 2 aromatic rings. The molecule has 0 radical (unpaired) electrons. The van der Waals surface area contributed by atoms with Gasteiger partial charge in [0.25, 0.3) is 7.52 Å². The van der Waals surface area contributed by atoms with E-state index < -0.39 is 50.3 Å². The van der Waals surface area contributed by atoms with Gasteiger partial charge in [0.05, 0.1) is 6.61 Å². The van der Waals surface area contributed by atoms with Gasteiger partial charge in [0.15, 0.2) is 0 Å². The van der Waals surface area contributed by atoms with Crippen molar-refractivity contribution >= 4 is 37.3 Å². The van der Waals surface area contributed by atoms with Crippen molar-refractivity contribution in [1.29, 1.82) is 0 Å². The van der Waals surface area contributed by atoms with Crippen LogP contribution in [0.5, 0.6) is 0 Å². The summed E-state index contributed by atoms with van der Waals surface area (Å²) in [7, 11) is -3.67. The van der Waals surface area contributed by atoms with Crippen molar-refractivity contribution in [3.8, 4) is 0 Å². The summed E-state index contributed by atoms with van der Waals surface area (Å²) in [5.41, 5.74) is 1.95. The first-order chi connectivity index (χ1) is 18.3. The first-order valence-corrected chi connectivity index (χ1v) is 15.2. The SMILES string of the molecule is CCOC(=O)OCOP(=O)(CCCCc1ccccc1)NC1CS[C@H](c2ccccc2)N(CC(=O)O)C1=O. The molecule has 3 atom stereocenters. The Balaban J connectivity index is 1.69. The second-order valence-corrected chi connectivity index (χ2v) is 12.0. The molecule has 12 heteroatoms. The number of hydrogen-bond acceptors (Lipinski definition) is 8. The molecule has 1 heterocycles. The van der Waals surface area contributed by atoms with Crippen LogP contribution in [0, 0.1) is 0 Å². The standard InChI is InChI=1S/C26H33N2O8PS/c1-2-34-26(32)35-19-36-37(33,16-10-9-13-20-11-5-3-6-12-20)27-22-18-38-25(21-14-7-4-8-15-21)28(24(22)31)17-23(29)30/h3-8,11-12,14-15,22,25H,2,9-10,13,16-19H2,1H3,(H,27,33)(H,29,30)/t22?,25-,37?/m1/s1. The van der Waals surface area contributed by atoms with Crippen LogP contribution in [0.25, 0.3) is 0 Å². The van der Waals surface area contributed by atoms with Crippen molar-refractivity contribution in [3.63, 3.8) is 0 Å². The molecule has 10 nitrogen and oxygen atoms in total. The molecule has 0 spiro atoms. The van der Waals surface area contributed by atoms with Gasteiger partial charge in [-0.15, -0.1) is 11.8 Å². The minimum Gasteiger partial charge on any atom is -0.480 e. The predicted molar refractivity (Wildman–Crippen MR) is 144 cm³/mol. The maximum Gasteiger partial charge on any atom is 0.510 e. The first kappa shape index (κ1) is 29.7. The predicted octanol–water partition coefficient (Wildman–Crippen LogP) is 4.67. The Morgan fingerprint density at radius 2 is 1.76 bits per heavy atom. The number of thioether (sulfide) groups is 1. The van der Waals surface area contributed by atoms with Gasteiger partial charge in [-0.2, -0.15) is 0 Å². The van der Waals surface area contributed by atoms with Crippen LogP contribution in [-0.2, 0) is 34.6 Å². The second kappa shape index (κ2) is 14.9. The average molecular weight is 565 g/mol. The number of amides is 1. The molecule has 0 saturated carbocycles. The zero-order valence-electron chi connectivity index (χ0n) is 21.2. The number of ether oxygens (including phenoxy) is 2. The van der Waals surface area contributed by atoms with Crippen LogP contribution in [0.4, 0.5) is 4.79 Å². The highest BCUT2D eigenvalue weighted by Crippen LogP contribution is 2.46. The van der Waals surface area contributed by atoms with Crippen LogP contribution in [-0.4, -0.2) is 65.9 Å². The summed E-state index contributed by atoms with van der Waals surface area (Å²) in [5, 5.41) is 11.8. The lowest BCUT2D eigenvalue weighted by Gasteiger charge is -2.39. The zero-order chi connectivity index (χ0) is 27.4. The van der Waals surface area contributed by atoms with Crippen LogP contribution < -0.4 is 5.09 Å². The number of aliphatic carboxylic acids is 1. The summed E-state index contributed by atoms with van der Waals surface area (Å²) in [6.07, 6.45) is 1.18. The third-order valence-electron chi connectivity index (χ3n) is 5.74. The lowest BCUT2D eigenvalue weighted by molar-refractivity contribution is -0.145. The van der Waals surface area contributed by atoms with E-state index >= 15 is 0 Å². The van der Waals surface area contributed by atoms with E-state index in [1.807, 2.05) is 60.7 Å². The highest BCUT2D eigenvalue weighted by atomic mass is 32.2. The fraction of sp³-hybridized carbons (Fsp3) is 0.423. The number of carboxylic acids is 1. The van der Waals surface area contributed by atoms with Gasteiger partial charge in [0.2, 0.25) is 12.7 Å². The van der Waals surface area contributed by atoms with E-state index in [0.29, 0.717) is 6.42 Å². The van der Waals surface area contributed by atoms with E-state index in [2.05, 4.69) is 5.09 Å². The van der Waals surface area contributed by atoms with Gasteiger partial charge in [-0.3, -0.25) is 18.7 Å². The first-order valence-electron chi connectivity index (χ1n) is 12.3. The molecule has 1 fully saturated rings. The number of unbranched alkanes of at least 4 members (excludes halogenated alkanes) is 1. The number of nitrogens with one attached hydrogen (secondary N) is 1. The number of aryl methyl sites for hydroxylation is 1. The molecule has 0 bridgehead atoms. The van der Waals surface area contributed by atoms with Gasteiger partial charge in [-0.05, 0) is 37.3 Å². The Morgan fingerprint density at radius 1 is 1.08 bits per heavy atom. The molecule has 38 heavy (non-hydrogen) atoms. The molecule has 1 aliphatic rings. The van der Waals surface area contributed by atoms with Gasteiger partial charge in [0, 0.05) is 11.9 Å². The fourth-order valence-corrected chi connectivity index (χ4v) is 7.28. The fourth-order valence-electron chi connectivity index (χ4n) is 3.97. The van der Waals surface area contributed by atoms with E-state index in [4.69, 9.17) is 14.0 Å². The van der Waals surface area contributed by atoms with E-state index in [1.165, 1.54) is 16.7 Å². The van der Waals surface area contributed by atoms with Gasteiger partial charge in [0.1, 0.15) is 18.0 Å². The number of carbonyl (C=O) groups is 3. The summed E-state index contributed by atoms with van der Waals surface area (Å²) in [6.45, 7) is 0.627. The molecule has 2 aromatic carbocycles. The van der Waals surface area contributed by atoms with Crippen LogP contribution in [0.3, 0.4) is 0 Å². The molecule has 1 aliphatic heterocycles. The lowest BCUT2D eigenvalue weighted by Crippen LogP contribution is -2.53. The van der Waals surface area contributed by atoms with Crippen molar-refractivity contribution in [1.82, 2.24) is 9.99 Å². The van der Waals surface area contributed by atoms with Gasteiger partial charge < -0.3 is 19.5 Å². The quantitative estimate of drug-likeness (QED) is 0.144. The number of rotatable bonds is 14. The molecule has 206 valence electrons. The number of hydrogen-bond donors (Lipinski definition) is 2. The molecule has 1 amide bonds. The van der Waals surface area contributed by atoms with Gasteiger partial charge >= 0.3 is 12.1 Å². The van der Waals surface area contributed by atoms with Crippen molar-refractivity contribution < 1.29 is 38.1 Å². The van der Waals surface area contributed by atoms with Crippen LogP contribution in [0.15, 0.2) is 60.7 Å². The number of carboxylic acid groups (broad SMARTS) is 1. The highest BCUT2D eigenvalue weighted by molar-refractivity contribution is 7.99. The average Bonchev–Trinajstić information content (AvgIpc) is 2.90. The Hall–Kier alpha value is -2.85. The molecule has 1 saturated heterocycles. The van der Waals surface area contributed by atoms with Crippen molar-refractivity contribution in [2.45, 2.75) is 37.6 Å². The third kappa shape index (κ3) is 9.16. The van der Waals surface area contributed by atoms with Crippen molar-refractivity contribution in [3.05, 3.63) is 71.8 Å². The van der Waals surface area contributed by atoms with Crippen LogP contribution >= 0.6 is 19.3 Å². The zero-order valence-corrected chi connectivity index (χ0v) is 22.9. The van der Waals surface area contributed by atoms with E-state index in [1.54, 1.807) is 6.92 Å². The second-order valence-electron chi connectivity index (χ2n) is 8.55. The molecule has 2 unspecified atom stereocenters. The van der Waals surface area contributed by atoms with Gasteiger partial charge in [-0.25, -0.2) is 9.88 Å². The minimum absolute atomic E-state index is 0.0987. The Labute approximate surface area is 226 Å². The van der Waals surface area contributed by atoms with Crippen LogP contribution in [0.2, 0.25) is 0 Å². The molecule has 0 aliphatic carbocycles. The van der Waals surface area contributed by atoms with E-state index in [9.17, 15) is 24.1 Å². The van der Waals surface area contributed by atoms with Crippen molar-refractivity contribution in [2.75, 3.05) is 31.9 Å². The summed E-state index contributed by atoms with van der Waals surface area (Å²) >= 11 is 1.38. The van der Waals surface area contributed by atoms with E-state index in [0.717, 1.165) is 24.0 Å². The maximum absolute atomic E-state index is 13.8. The molecule has 0 aromatic heterocycles. The summed E-state index contributed by atoms with van der Waals surface area (Å²) in [6, 6.07) is 18.1.